The summed E-state index contributed by atoms with van der Waals surface area (Å²) in [4.78, 5) is 29.2. The van der Waals surface area contributed by atoms with Crippen LogP contribution in [0.1, 0.15) is 23.2 Å². The fourth-order valence-electron chi connectivity index (χ4n) is 4.11. The lowest BCUT2D eigenvalue weighted by Crippen LogP contribution is -2.52. The number of ether oxygens (including phenoxy) is 1. The minimum absolute atomic E-state index is 0.0264. The molecule has 0 bridgehead atoms. The fraction of sp³-hybridized carbons (Fsp3) is 0.391. The molecule has 0 unspecified atom stereocenters. The van der Waals surface area contributed by atoms with E-state index in [0.717, 1.165) is 18.4 Å². The van der Waals surface area contributed by atoms with Crippen molar-refractivity contribution in [2.45, 2.75) is 23.8 Å². The average Bonchev–Trinajstić information content (AvgIpc) is 3.33. The van der Waals surface area contributed by atoms with Gasteiger partial charge in [-0.2, -0.15) is 0 Å². The first-order valence-electron chi connectivity index (χ1n) is 10.4. The van der Waals surface area contributed by atoms with E-state index in [-0.39, 0.29) is 22.8 Å². The van der Waals surface area contributed by atoms with Crippen LogP contribution in [0.3, 0.4) is 0 Å². The highest BCUT2D eigenvalue weighted by atomic mass is 32.2. The van der Waals surface area contributed by atoms with Crippen molar-refractivity contribution in [1.82, 2.24) is 9.80 Å². The molecule has 1 atom stereocenters. The number of rotatable bonds is 4. The van der Waals surface area contributed by atoms with Crippen LogP contribution in [-0.4, -0.2) is 75.2 Å². The van der Waals surface area contributed by atoms with Crippen molar-refractivity contribution in [1.29, 1.82) is 0 Å². The molecular formula is C23H26N2O5S. The molecule has 2 aromatic rings. The van der Waals surface area contributed by atoms with E-state index in [1.54, 1.807) is 58.3 Å². The second-order valence-electron chi connectivity index (χ2n) is 7.96. The van der Waals surface area contributed by atoms with Crippen LogP contribution in [0.4, 0.5) is 0 Å². The predicted molar refractivity (Wildman–Crippen MR) is 116 cm³/mol. The maximum atomic E-state index is 12.9. The summed E-state index contributed by atoms with van der Waals surface area (Å²) in [6.07, 6.45) is 2.55. The van der Waals surface area contributed by atoms with E-state index in [0.29, 0.717) is 43.9 Å². The summed E-state index contributed by atoms with van der Waals surface area (Å²) >= 11 is 0. The van der Waals surface area contributed by atoms with Crippen LogP contribution in [-0.2, 0) is 19.4 Å². The van der Waals surface area contributed by atoms with E-state index >= 15 is 0 Å². The Labute approximate surface area is 182 Å². The minimum atomic E-state index is -3.36. The average molecular weight is 443 g/mol. The number of carbonyl (C=O) groups is 2. The van der Waals surface area contributed by atoms with E-state index in [1.165, 1.54) is 6.26 Å². The molecule has 31 heavy (non-hydrogen) atoms. The molecule has 2 aliphatic rings. The van der Waals surface area contributed by atoms with Gasteiger partial charge in [-0.3, -0.25) is 9.59 Å². The first kappa shape index (κ1) is 21.5. The van der Waals surface area contributed by atoms with Crippen LogP contribution in [0.5, 0.6) is 0 Å². The van der Waals surface area contributed by atoms with Crippen LogP contribution < -0.4 is 0 Å². The lowest BCUT2D eigenvalue weighted by molar-refractivity contribution is -0.142. The van der Waals surface area contributed by atoms with Gasteiger partial charge in [-0.15, -0.1) is 0 Å². The van der Waals surface area contributed by atoms with Gasteiger partial charge in [-0.1, -0.05) is 30.3 Å². The third-order valence-corrected chi connectivity index (χ3v) is 6.97. The van der Waals surface area contributed by atoms with Crippen molar-refractivity contribution in [2.24, 2.45) is 0 Å². The zero-order valence-corrected chi connectivity index (χ0v) is 18.3. The topological polar surface area (TPSA) is 84.0 Å². The van der Waals surface area contributed by atoms with Gasteiger partial charge in [-0.25, -0.2) is 8.42 Å². The summed E-state index contributed by atoms with van der Waals surface area (Å²) in [5.74, 6) is -0.0642. The number of sulfone groups is 1. The van der Waals surface area contributed by atoms with Gasteiger partial charge in [0.25, 0.3) is 11.8 Å². The molecular weight excluding hydrogens is 416 g/mol. The summed E-state index contributed by atoms with van der Waals surface area (Å²) < 4.78 is 29.6. The molecule has 2 aromatic carbocycles. The largest absolute Gasteiger partial charge is 0.368 e. The monoisotopic (exact) mass is 442 g/mol. The van der Waals surface area contributed by atoms with Gasteiger partial charge in [0.1, 0.15) is 6.10 Å². The molecule has 0 aromatic heterocycles. The molecule has 2 heterocycles. The first-order chi connectivity index (χ1) is 14.8. The maximum absolute atomic E-state index is 12.9. The van der Waals surface area contributed by atoms with Gasteiger partial charge in [0.2, 0.25) is 0 Å². The molecule has 2 fully saturated rings. The molecule has 0 saturated carbocycles. The Balaban J connectivity index is 1.42. The van der Waals surface area contributed by atoms with E-state index in [1.807, 2.05) is 0 Å². The van der Waals surface area contributed by atoms with E-state index in [4.69, 9.17) is 4.74 Å². The molecule has 7 nitrogen and oxygen atoms in total. The van der Waals surface area contributed by atoms with Gasteiger partial charge < -0.3 is 14.5 Å². The number of piperazine rings is 1. The van der Waals surface area contributed by atoms with Gasteiger partial charge in [0.15, 0.2) is 9.84 Å². The van der Waals surface area contributed by atoms with Gasteiger partial charge in [0, 0.05) is 50.2 Å². The first-order valence-corrected chi connectivity index (χ1v) is 12.3. The second kappa shape index (κ2) is 8.80. The molecule has 0 radical (unpaired) electrons. The van der Waals surface area contributed by atoms with Gasteiger partial charge >= 0.3 is 0 Å². The third-order valence-electron chi connectivity index (χ3n) is 5.81. The quantitative estimate of drug-likeness (QED) is 0.725. The number of nitrogens with zero attached hydrogens (tertiary/aromatic N) is 2. The zero-order valence-electron chi connectivity index (χ0n) is 17.5. The Bertz CT molecular complexity index is 1070. The Morgan fingerprint density at radius 1 is 0.935 bits per heavy atom. The van der Waals surface area contributed by atoms with Crippen LogP contribution in [0.25, 0.3) is 11.1 Å². The highest BCUT2D eigenvalue weighted by Gasteiger charge is 2.31. The molecule has 164 valence electrons. The molecule has 2 amide bonds. The summed E-state index contributed by atoms with van der Waals surface area (Å²) in [6.45, 7) is 2.61. The Morgan fingerprint density at radius 3 is 2.19 bits per heavy atom. The van der Waals surface area contributed by atoms with Crippen molar-refractivity contribution >= 4 is 21.7 Å². The van der Waals surface area contributed by atoms with Crippen molar-refractivity contribution in [3.63, 3.8) is 0 Å². The Morgan fingerprint density at radius 2 is 1.58 bits per heavy atom. The van der Waals surface area contributed by atoms with E-state index < -0.39 is 9.84 Å². The summed E-state index contributed by atoms with van der Waals surface area (Å²) in [5.41, 5.74) is 1.90. The van der Waals surface area contributed by atoms with Crippen molar-refractivity contribution in [3.05, 3.63) is 54.1 Å². The number of amides is 2. The summed E-state index contributed by atoms with van der Waals surface area (Å²) in [6, 6.07) is 13.8. The van der Waals surface area contributed by atoms with Crippen LogP contribution in [0.15, 0.2) is 53.4 Å². The molecule has 8 heteroatoms. The Hall–Kier alpha value is -2.71. The zero-order chi connectivity index (χ0) is 22.0. The molecule has 0 N–H and O–H groups in total. The molecule has 2 aliphatic heterocycles. The van der Waals surface area contributed by atoms with Crippen molar-refractivity contribution < 1.29 is 22.7 Å². The Kier molecular flexibility index (Phi) is 6.11. The number of benzene rings is 2. The van der Waals surface area contributed by atoms with Gasteiger partial charge in [0.05, 0.1) is 4.90 Å². The minimum Gasteiger partial charge on any atom is -0.368 e. The van der Waals surface area contributed by atoms with Gasteiger partial charge in [-0.05, 0) is 36.6 Å². The predicted octanol–water partition coefficient (Wildman–Crippen LogP) is 2.22. The SMILES string of the molecule is CS(=O)(=O)c1ccccc1-c1ccc(C(=O)N2CCN(C(=O)[C@@H]3CCCO3)CC2)cc1. The lowest BCUT2D eigenvalue weighted by Gasteiger charge is -2.35. The van der Waals surface area contributed by atoms with Crippen molar-refractivity contribution in [2.75, 3.05) is 39.0 Å². The van der Waals surface area contributed by atoms with Crippen LogP contribution in [0.2, 0.25) is 0 Å². The standard InChI is InChI=1S/C23H26N2O5S/c1-31(28,29)21-7-3-2-5-19(21)17-8-10-18(11-9-17)22(26)24-12-14-25(15-13-24)23(27)20-6-4-16-30-20/h2-3,5,7-11,20H,4,6,12-16H2,1H3/t20-/m0/s1. The summed E-state index contributed by atoms with van der Waals surface area (Å²) in [5, 5.41) is 0. The number of hydrogen-bond acceptors (Lipinski definition) is 5. The normalized spacial score (nSPS) is 19.5. The van der Waals surface area contributed by atoms with Crippen LogP contribution >= 0.6 is 0 Å². The van der Waals surface area contributed by atoms with E-state index in [2.05, 4.69) is 0 Å². The third kappa shape index (κ3) is 4.65. The highest BCUT2D eigenvalue weighted by molar-refractivity contribution is 7.90. The molecule has 2 saturated heterocycles. The fourth-order valence-corrected chi connectivity index (χ4v) is 5.02. The smallest absolute Gasteiger partial charge is 0.253 e. The molecule has 0 spiro atoms. The number of hydrogen-bond donors (Lipinski definition) is 0. The lowest BCUT2D eigenvalue weighted by atomic mass is 10.0. The molecule has 0 aliphatic carbocycles. The van der Waals surface area contributed by atoms with Crippen molar-refractivity contribution in [3.8, 4) is 11.1 Å². The summed E-state index contributed by atoms with van der Waals surface area (Å²) in [7, 11) is -3.36. The van der Waals surface area contributed by atoms with Crippen LogP contribution in [0, 0.1) is 0 Å². The number of carbonyl (C=O) groups excluding carboxylic acids is 2. The second-order valence-corrected chi connectivity index (χ2v) is 9.95. The molecule has 4 rings (SSSR count). The van der Waals surface area contributed by atoms with E-state index in [9.17, 15) is 18.0 Å². The highest BCUT2D eigenvalue weighted by Crippen LogP contribution is 2.27. The maximum Gasteiger partial charge on any atom is 0.253 e.